The average molecular weight is 395 g/mol. The van der Waals surface area contributed by atoms with Gasteiger partial charge in [-0.15, -0.1) is 11.3 Å². The molecule has 0 aliphatic carbocycles. The molecular formula is C20H18FN5OS. The number of anilines is 1. The predicted octanol–water partition coefficient (Wildman–Crippen LogP) is 3.69. The third kappa shape index (κ3) is 3.38. The highest BCUT2D eigenvalue weighted by atomic mass is 32.1. The van der Waals surface area contributed by atoms with Crippen LogP contribution in [0.2, 0.25) is 0 Å². The van der Waals surface area contributed by atoms with Crippen LogP contribution in [0.25, 0.3) is 16.2 Å². The van der Waals surface area contributed by atoms with Gasteiger partial charge < -0.3 is 4.90 Å². The maximum atomic E-state index is 13.2. The molecule has 0 atom stereocenters. The van der Waals surface area contributed by atoms with Crippen LogP contribution in [0.1, 0.15) is 17.5 Å². The number of nitrogens with zero attached hydrogens (tertiary/aromatic N) is 5. The van der Waals surface area contributed by atoms with Gasteiger partial charge in [0.25, 0.3) is 5.56 Å². The fourth-order valence-electron chi connectivity index (χ4n) is 3.19. The number of hydrogen-bond acceptors (Lipinski definition) is 6. The summed E-state index contributed by atoms with van der Waals surface area (Å²) in [6.45, 7) is 5.15. The van der Waals surface area contributed by atoms with Crippen molar-refractivity contribution in [3.05, 3.63) is 75.8 Å². The molecule has 3 aromatic heterocycles. The zero-order valence-corrected chi connectivity index (χ0v) is 16.3. The Labute approximate surface area is 165 Å². The Morgan fingerprint density at radius 1 is 1.18 bits per heavy atom. The zero-order valence-electron chi connectivity index (χ0n) is 15.5. The molecular weight excluding hydrogens is 377 g/mol. The minimum atomic E-state index is -0.274. The van der Waals surface area contributed by atoms with Crippen LogP contribution in [-0.2, 0) is 6.54 Å². The van der Waals surface area contributed by atoms with E-state index in [0.29, 0.717) is 23.7 Å². The van der Waals surface area contributed by atoms with Crippen LogP contribution in [0.5, 0.6) is 0 Å². The third-order valence-corrected chi connectivity index (χ3v) is 5.46. The molecule has 6 nitrogen and oxygen atoms in total. The number of hydrogen-bond donors (Lipinski definition) is 0. The molecule has 28 heavy (non-hydrogen) atoms. The first-order valence-corrected chi connectivity index (χ1v) is 9.66. The van der Waals surface area contributed by atoms with Gasteiger partial charge in [-0.05, 0) is 38.1 Å². The van der Waals surface area contributed by atoms with E-state index in [0.717, 1.165) is 21.8 Å². The van der Waals surface area contributed by atoms with E-state index in [1.54, 1.807) is 35.0 Å². The lowest BCUT2D eigenvalue weighted by atomic mass is 10.2. The van der Waals surface area contributed by atoms with E-state index in [-0.39, 0.29) is 11.4 Å². The summed E-state index contributed by atoms with van der Waals surface area (Å²) < 4.78 is 14.8. The summed E-state index contributed by atoms with van der Waals surface area (Å²) in [5.74, 6) is -0.274. The first-order valence-electron chi connectivity index (χ1n) is 8.84. The van der Waals surface area contributed by atoms with Crippen molar-refractivity contribution in [3.8, 4) is 11.3 Å². The Bertz CT molecular complexity index is 1170. The molecule has 0 amide bonds. The third-order valence-electron chi connectivity index (χ3n) is 4.50. The van der Waals surface area contributed by atoms with Crippen molar-refractivity contribution < 1.29 is 4.39 Å². The van der Waals surface area contributed by atoms with Crippen LogP contribution in [0, 0.1) is 12.7 Å². The second-order valence-corrected chi connectivity index (χ2v) is 7.51. The van der Waals surface area contributed by atoms with E-state index >= 15 is 0 Å². The number of halogens is 1. The van der Waals surface area contributed by atoms with Gasteiger partial charge in [-0.2, -0.15) is 0 Å². The van der Waals surface area contributed by atoms with Gasteiger partial charge in [-0.3, -0.25) is 9.20 Å². The smallest absolute Gasteiger partial charge is 0.259 e. The Kier molecular flexibility index (Phi) is 4.87. The van der Waals surface area contributed by atoms with Crippen LogP contribution >= 0.6 is 11.3 Å². The van der Waals surface area contributed by atoms with Crippen LogP contribution < -0.4 is 10.5 Å². The van der Waals surface area contributed by atoms with Gasteiger partial charge in [0.05, 0.1) is 17.9 Å². The molecule has 142 valence electrons. The van der Waals surface area contributed by atoms with Crippen molar-refractivity contribution in [1.82, 2.24) is 19.4 Å². The fraction of sp³-hybridized carbons (Fsp3) is 0.200. The van der Waals surface area contributed by atoms with E-state index in [2.05, 4.69) is 9.97 Å². The maximum Gasteiger partial charge on any atom is 0.259 e. The van der Waals surface area contributed by atoms with Crippen LogP contribution in [0.15, 0.2) is 53.8 Å². The van der Waals surface area contributed by atoms with Gasteiger partial charge >= 0.3 is 0 Å². The highest BCUT2D eigenvalue weighted by Gasteiger charge is 2.16. The quantitative estimate of drug-likeness (QED) is 0.516. The molecule has 0 saturated heterocycles. The van der Waals surface area contributed by atoms with Crippen molar-refractivity contribution in [1.29, 1.82) is 0 Å². The summed E-state index contributed by atoms with van der Waals surface area (Å²) in [6, 6.07) is 7.87. The number of fused-ring (bicyclic) bond motifs is 1. The lowest BCUT2D eigenvalue weighted by Gasteiger charge is -2.22. The van der Waals surface area contributed by atoms with E-state index in [4.69, 9.17) is 4.98 Å². The summed E-state index contributed by atoms with van der Waals surface area (Å²) in [7, 11) is 0. The molecule has 0 spiro atoms. The zero-order chi connectivity index (χ0) is 19.7. The molecule has 0 fully saturated rings. The van der Waals surface area contributed by atoms with E-state index in [9.17, 15) is 9.18 Å². The van der Waals surface area contributed by atoms with Crippen molar-refractivity contribution in [2.24, 2.45) is 0 Å². The van der Waals surface area contributed by atoms with Gasteiger partial charge in [0, 0.05) is 41.1 Å². The minimum absolute atomic E-state index is 0.140. The Morgan fingerprint density at radius 3 is 2.57 bits per heavy atom. The molecule has 3 heterocycles. The molecule has 4 rings (SSSR count). The standard InChI is InChI=1S/C20H18FN5OS/c1-3-25(17-6-4-15(21)5-7-17)11-16-8-18(27)26-19(13(2)28-20(26)24-16)14-9-22-12-23-10-14/h4-10,12H,3,11H2,1-2H3. The number of benzene rings is 1. The maximum absolute atomic E-state index is 13.2. The second-order valence-electron chi connectivity index (χ2n) is 6.33. The molecule has 8 heteroatoms. The van der Waals surface area contributed by atoms with Crippen molar-refractivity contribution in [3.63, 3.8) is 0 Å². The number of rotatable bonds is 5. The van der Waals surface area contributed by atoms with Gasteiger partial charge in [-0.25, -0.2) is 19.3 Å². The van der Waals surface area contributed by atoms with E-state index in [1.165, 1.54) is 29.8 Å². The summed E-state index contributed by atoms with van der Waals surface area (Å²) in [4.78, 5) is 29.3. The topological polar surface area (TPSA) is 63.4 Å². The highest BCUT2D eigenvalue weighted by molar-refractivity contribution is 7.17. The molecule has 0 unspecified atom stereocenters. The average Bonchev–Trinajstić information content (AvgIpc) is 3.04. The highest BCUT2D eigenvalue weighted by Crippen LogP contribution is 2.28. The van der Waals surface area contributed by atoms with Gasteiger partial charge in [0.15, 0.2) is 4.96 Å². The first-order chi connectivity index (χ1) is 13.6. The summed E-state index contributed by atoms with van der Waals surface area (Å²) in [6.07, 6.45) is 4.84. The van der Waals surface area contributed by atoms with Crippen LogP contribution in [-0.4, -0.2) is 25.9 Å². The molecule has 0 aliphatic heterocycles. The first kappa shape index (κ1) is 18.2. The number of thiazole rings is 1. The summed E-state index contributed by atoms with van der Waals surface area (Å²) in [5.41, 5.74) is 2.97. The largest absolute Gasteiger partial charge is 0.366 e. The second kappa shape index (κ2) is 7.47. The normalized spacial score (nSPS) is 11.1. The summed E-state index contributed by atoms with van der Waals surface area (Å²) in [5, 5.41) is 0. The molecule has 1 aromatic carbocycles. The molecule has 0 N–H and O–H groups in total. The Hall–Kier alpha value is -3.13. The molecule has 4 aromatic rings. The lowest BCUT2D eigenvalue weighted by molar-refractivity contribution is 0.627. The monoisotopic (exact) mass is 395 g/mol. The van der Waals surface area contributed by atoms with Crippen molar-refractivity contribution >= 4 is 22.0 Å². The molecule has 0 radical (unpaired) electrons. The van der Waals surface area contributed by atoms with Gasteiger partial charge in [0.1, 0.15) is 12.1 Å². The molecule has 0 aliphatic rings. The fourth-order valence-corrected chi connectivity index (χ4v) is 4.21. The minimum Gasteiger partial charge on any atom is -0.366 e. The summed E-state index contributed by atoms with van der Waals surface area (Å²) >= 11 is 1.46. The van der Waals surface area contributed by atoms with Crippen LogP contribution in [0.3, 0.4) is 0 Å². The molecule has 0 saturated carbocycles. The van der Waals surface area contributed by atoms with Gasteiger partial charge in [-0.1, -0.05) is 0 Å². The molecule has 0 bridgehead atoms. The lowest BCUT2D eigenvalue weighted by Crippen LogP contribution is -2.24. The van der Waals surface area contributed by atoms with Crippen LogP contribution in [0.4, 0.5) is 10.1 Å². The van der Waals surface area contributed by atoms with E-state index < -0.39 is 0 Å². The van der Waals surface area contributed by atoms with E-state index in [1.807, 2.05) is 18.7 Å². The SMILES string of the molecule is CCN(Cc1cc(=O)n2c(-c3cncnc3)c(C)sc2n1)c1ccc(F)cc1. The predicted molar refractivity (Wildman–Crippen MR) is 108 cm³/mol. The Morgan fingerprint density at radius 2 is 1.89 bits per heavy atom. The number of aryl methyl sites for hydroxylation is 1. The van der Waals surface area contributed by atoms with Gasteiger partial charge in [0.2, 0.25) is 0 Å². The van der Waals surface area contributed by atoms with Crippen molar-refractivity contribution in [2.45, 2.75) is 20.4 Å². The van der Waals surface area contributed by atoms with Crippen molar-refractivity contribution in [2.75, 3.05) is 11.4 Å². The Balaban J connectivity index is 1.74. The number of aromatic nitrogens is 4.